The normalized spacial score (nSPS) is 13.6. The number of hydrogen-bond donors (Lipinski definition) is 1. The first kappa shape index (κ1) is 25.4. The van der Waals surface area contributed by atoms with E-state index in [0.29, 0.717) is 29.6 Å². The maximum Gasteiger partial charge on any atom is 0.256 e. The van der Waals surface area contributed by atoms with E-state index >= 15 is 0 Å². The van der Waals surface area contributed by atoms with Crippen LogP contribution in [-0.2, 0) is 18.4 Å². The van der Waals surface area contributed by atoms with Gasteiger partial charge in [-0.2, -0.15) is 0 Å². The molecule has 0 bridgehead atoms. The van der Waals surface area contributed by atoms with Gasteiger partial charge in [0, 0.05) is 29.7 Å². The zero-order valence-corrected chi connectivity index (χ0v) is 22.6. The fourth-order valence-electron chi connectivity index (χ4n) is 4.61. The number of fused-ring (bicyclic) bond motifs is 1. The summed E-state index contributed by atoms with van der Waals surface area (Å²) in [5, 5.41) is 1.50. The predicted molar refractivity (Wildman–Crippen MR) is 152 cm³/mol. The Morgan fingerprint density at radius 1 is 1.03 bits per heavy atom. The highest BCUT2D eigenvalue weighted by atomic mass is 35.5. The molecule has 0 saturated heterocycles. The molecule has 4 nitrogen and oxygen atoms in total. The van der Waals surface area contributed by atoms with E-state index in [1.807, 2.05) is 35.4 Å². The van der Waals surface area contributed by atoms with E-state index in [2.05, 4.69) is 62.2 Å². The highest BCUT2D eigenvalue weighted by Gasteiger charge is 2.23. The van der Waals surface area contributed by atoms with Gasteiger partial charge in [-0.15, -0.1) is 0 Å². The van der Waals surface area contributed by atoms with Crippen molar-refractivity contribution in [3.05, 3.63) is 100 Å². The third-order valence-corrected chi connectivity index (χ3v) is 7.30. The summed E-state index contributed by atoms with van der Waals surface area (Å²) in [7, 11) is 0. The number of nitrogens with zero attached hydrogens (tertiary/aromatic N) is 1. The third kappa shape index (κ3) is 6.37. The molecule has 3 aromatic carbocycles. The van der Waals surface area contributed by atoms with Crippen LogP contribution in [0.1, 0.15) is 60.7 Å². The molecule has 5 heteroatoms. The minimum atomic E-state index is -0.0315. The van der Waals surface area contributed by atoms with E-state index in [4.69, 9.17) is 16.3 Å². The van der Waals surface area contributed by atoms with Gasteiger partial charge in [0.1, 0.15) is 5.75 Å². The standard InChI is InChI=1S/C32H35ClN2O2/c1-32(2,3)26-11-9-23(10-12-26)20-35(31(36)29-19-27(33)18-25-13-15-34-30(25)29)16-14-22-5-4-6-28(17-22)37-21-24-7-8-24/h4-6,9-13,15,17-19,24,34H,7-8,14,16,20-21H2,1-3H3. The van der Waals surface area contributed by atoms with E-state index in [9.17, 15) is 4.79 Å². The Balaban J connectivity index is 1.38. The molecule has 192 valence electrons. The molecule has 1 aliphatic rings. The number of carbonyl (C=O) groups is 1. The first-order chi connectivity index (χ1) is 17.8. The molecule has 1 fully saturated rings. The number of carbonyl (C=O) groups excluding carboxylic acids is 1. The van der Waals surface area contributed by atoms with Crippen LogP contribution in [-0.4, -0.2) is 28.9 Å². The fraction of sp³-hybridized carbons (Fsp3) is 0.344. The Bertz CT molecular complexity index is 1380. The smallest absolute Gasteiger partial charge is 0.256 e. The average Bonchev–Trinajstić information content (AvgIpc) is 3.59. The van der Waals surface area contributed by atoms with E-state index in [1.54, 1.807) is 6.07 Å². The first-order valence-electron chi connectivity index (χ1n) is 13.1. The van der Waals surface area contributed by atoms with Gasteiger partial charge in [-0.1, -0.05) is 68.8 Å². The molecule has 0 atom stereocenters. The molecule has 0 spiro atoms. The van der Waals surface area contributed by atoms with Crippen molar-refractivity contribution in [1.29, 1.82) is 0 Å². The summed E-state index contributed by atoms with van der Waals surface area (Å²) in [6, 6.07) is 22.5. The van der Waals surface area contributed by atoms with Gasteiger partial charge < -0.3 is 14.6 Å². The number of rotatable bonds is 9. The van der Waals surface area contributed by atoms with Crippen LogP contribution in [0, 0.1) is 5.92 Å². The Hall–Kier alpha value is -3.24. The molecule has 4 aromatic rings. The van der Waals surface area contributed by atoms with Crippen molar-refractivity contribution >= 4 is 28.4 Å². The summed E-state index contributed by atoms with van der Waals surface area (Å²) >= 11 is 6.40. The molecule has 1 heterocycles. The lowest BCUT2D eigenvalue weighted by atomic mass is 9.87. The van der Waals surface area contributed by atoms with E-state index in [1.165, 1.54) is 18.4 Å². The summed E-state index contributed by atoms with van der Waals surface area (Å²) in [6.07, 6.45) is 5.12. The summed E-state index contributed by atoms with van der Waals surface area (Å²) in [6.45, 7) is 8.53. The fourth-order valence-corrected chi connectivity index (χ4v) is 4.84. The van der Waals surface area contributed by atoms with Crippen molar-refractivity contribution in [2.24, 2.45) is 5.92 Å². The quantitative estimate of drug-likeness (QED) is 0.248. The van der Waals surface area contributed by atoms with Crippen LogP contribution in [0.2, 0.25) is 5.02 Å². The number of amides is 1. The van der Waals surface area contributed by atoms with Gasteiger partial charge in [-0.25, -0.2) is 0 Å². The van der Waals surface area contributed by atoms with Gasteiger partial charge in [0.05, 0.1) is 17.7 Å². The SMILES string of the molecule is CC(C)(C)c1ccc(CN(CCc2cccc(OCC3CC3)c2)C(=O)c2cc(Cl)cc3cc[nH]c23)cc1. The minimum Gasteiger partial charge on any atom is -0.493 e. The first-order valence-corrected chi connectivity index (χ1v) is 13.5. The lowest BCUT2D eigenvalue weighted by molar-refractivity contribution is 0.0747. The van der Waals surface area contributed by atoms with Gasteiger partial charge in [0.2, 0.25) is 0 Å². The summed E-state index contributed by atoms with van der Waals surface area (Å²) in [5.41, 5.74) is 5.04. The van der Waals surface area contributed by atoms with Crippen LogP contribution in [0.3, 0.4) is 0 Å². The van der Waals surface area contributed by atoms with Crippen LogP contribution in [0.15, 0.2) is 72.9 Å². The topological polar surface area (TPSA) is 45.3 Å². The molecular formula is C32H35ClN2O2. The third-order valence-electron chi connectivity index (χ3n) is 7.09. The zero-order valence-electron chi connectivity index (χ0n) is 21.9. The Labute approximate surface area is 224 Å². The second kappa shape index (κ2) is 10.6. The van der Waals surface area contributed by atoms with Gasteiger partial charge >= 0.3 is 0 Å². The molecule has 37 heavy (non-hydrogen) atoms. The van der Waals surface area contributed by atoms with Crippen molar-refractivity contribution < 1.29 is 9.53 Å². The number of ether oxygens (including phenoxy) is 1. The van der Waals surface area contributed by atoms with E-state index in [0.717, 1.165) is 40.8 Å². The van der Waals surface area contributed by atoms with Gasteiger partial charge in [0.25, 0.3) is 5.91 Å². The van der Waals surface area contributed by atoms with Crippen molar-refractivity contribution in [1.82, 2.24) is 9.88 Å². The summed E-state index contributed by atoms with van der Waals surface area (Å²) in [4.78, 5) is 19.1. The molecule has 1 amide bonds. The van der Waals surface area contributed by atoms with E-state index in [-0.39, 0.29) is 11.3 Å². The molecule has 0 unspecified atom stereocenters. The van der Waals surface area contributed by atoms with Crippen LogP contribution in [0.5, 0.6) is 5.75 Å². The molecule has 1 aromatic heterocycles. The molecule has 1 aliphatic carbocycles. The molecule has 0 aliphatic heterocycles. The van der Waals surface area contributed by atoms with Crippen molar-refractivity contribution in [3.63, 3.8) is 0 Å². The largest absolute Gasteiger partial charge is 0.493 e. The number of aromatic nitrogens is 1. The molecular weight excluding hydrogens is 480 g/mol. The Morgan fingerprint density at radius 2 is 1.81 bits per heavy atom. The Morgan fingerprint density at radius 3 is 2.54 bits per heavy atom. The molecule has 5 rings (SSSR count). The van der Waals surface area contributed by atoms with Crippen molar-refractivity contribution in [3.8, 4) is 5.75 Å². The number of nitrogens with one attached hydrogen (secondary N) is 1. The number of H-pyrrole nitrogens is 1. The second-order valence-electron chi connectivity index (χ2n) is 11.2. The number of hydrogen-bond acceptors (Lipinski definition) is 2. The summed E-state index contributed by atoms with van der Waals surface area (Å²) in [5.74, 6) is 1.59. The highest BCUT2D eigenvalue weighted by Crippen LogP contribution is 2.30. The van der Waals surface area contributed by atoms with Gasteiger partial charge in [-0.3, -0.25) is 4.79 Å². The molecule has 1 N–H and O–H groups in total. The minimum absolute atomic E-state index is 0.0315. The zero-order chi connectivity index (χ0) is 26.0. The maximum absolute atomic E-state index is 13.9. The number of aromatic amines is 1. The van der Waals surface area contributed by atoms with E-state index < -0.39 is 0 Å². The van der Waals surface area contributed by atoms with Crippen LogP contribution < -0.4 is 4.74 Å². The van der Waals surface area contributed by atoms with Gasteiger partial charge in [-0.05, 0) is 77.6 Å². The van der Waals surface area contributed by atoms with Crippen LogP contribution in [0.25, 0.3) is 10.9 Å². The summed E-state index contributed by atoms with van der Waals surface area (Å²) < 4.78 is 5.98. The van der Waals surface area contributed by atoms with Crippen molar-refractivity contribution in [2.75, 3.05) is 13.2 Å². The van der Waals surface area contributed by atoms with Crippen molar-refractivity contribution in [2.45, 2.75) is 52.0 Å². The maximum atomic E-state index is 13.9. The van der Waals surface area contributed by atoms with Crippen LogP contribution in [0.4, 0.5) is 0 Å². The molecule has 1 saturated carbocycles. The number of halogens is 1. The Kier molecular flexibility index (Phi) is 7.30. The number of benzene rings is 3. The van der Waals surface area contributed by atoms with Gasteiger partial charge in [0.15, 0.2) is 0 Å². The average molecular weight is 515 g/mol. The lowest BCUT2D eigenvalue weighted by Crippen LogP contribution is -2.32. The second-order valence-corrected chi connectivity index (χ2v) is 11.7. The monoisotopic (exact) mass is 514 g/mol. The molecule has 0 radical (unpaired) electrons. The predicted octanol–water partition coefficient (Wildman–Crippen LogP) is 7.79. The highest BCUT2D eigenvalue weighted by molar-refractivity contribution is 6.32. The lowest BCUT2D eigenvalue weighted by Gasteiger charge is -2.25. The van der Waals surface area contributed by atoms with Crippen LogP contribution >= 0.6 is 11.6 Å².